The highest BCUT2D eigenvalue weighted by atomic mass is 32.1. The summed E-state index contributed by atoms with van der Waals surface area (Å²) < 4.78 is 1.17. The molecule has 0 aromatic carbocycles. The molecule has 12 heavy (non-hydrogen) atoms. The van der Waals surface area contributed by atoms with E-state index in [4.69, 9.17) is 0 Å². The van der Waals surface area contributed by atoms with Crippen LogP contribution in [0, 0.1) is 6.92 Å². The lowest BCUT2D eigenvalue weighted by Gasteiger charge is -1.83. The van der Waals surface area contributed by atoms with Gasteiger partial charge < -0.3 is 0 Å². The fourth-order valence-corrected chi connectivity index (χ4v) is 1.77. The fourth-order valence-electron chi connectivity index (χ4n) is 0.889. The van der Waals surface area contributed by atoms with Gasteiger partial charge in [0, 0.05) is 0 Å². The highest BCUT2D eigenvalue weighted by Gasteiger charge is 1.91. The number of aromatic nitrogens is 1. The molecule has 1 rings (SSSR count). The Balaban J connectivity index is 3.28. The van der Waals surface area contributed by atoms with Crippen molar-refractivity contribution in [1.29, 1.82) is 0 Å². The summed E-state index contributed by atoms with van der Waals surface area (Å²) in [6.07, 6.45) is 4.20. The Kier molecular flexibility index (Phi) is 2.82. The van der Waals surface area contributed by atoms with Gasteiger partial charge in [0.1, 0.15) is 0 Å². The maximum absolute atomic E-state index is 4.25. The third-order valence-electron chi connectivity index (χ3n) is 1.65. The Morgan fingerprint density at radius 3 is 2.67 bits per heavy atom. The van der Waals surface area contributed by atoms with Gasteiger partial charge in [0.25, 0.3) is 0 Å². The zero-order valence-corrected chi connectivity index (χ0v) is 8.53. The van der Waals surface area contributed by atoms with Gasteiger partial charge in [-0.05, 0) is 26.8 Å². The number of aryl methyl sites for hydroxylation is 1. The third kappa shape index (κ3) is 2.05. The molecule has 0 aliphatic heterocycles. The molecule has 0 spiro atoms. The first-order chi connectivity index (χ1) is 5.63. The van der Waals surface area contributed by atoms with Crippen molar-refractivity contribution in [3.05, 3.63) is 26.5 Å². The van der Waals surface area contributed by atoms with Crippen LogP contribution in [0.25, 0.3) is 12.7 Å². The number of rotatable bonds is 1. The van der Waals surface area contributed by atoms with E-state index < -0.39 is 0 Å². The largest absolute Gasteiger partial charge is 0.242 e. The second-order valence-electron chi connectivity index (χ2n) is 2.72. The van der Waals surface area contributed by atoms with Crippen LogP contribution in [0.3, 0.4) is 0 Å². The van der Waals surface area contributed by atoms with E-state index in [-0.39, 0.29) is 0 Å². The van der Waals surface area contributed by atoms with Crippen molar-refractivity contribution in [2.75, 3.05) is 0 Å². The first kappa shape index (κ1) is 9.20. The summed E-state index contributed by atoms with van der Waals surface area (Å²) in [7, 11) is 0. The molecule has 64 valence electrons. The van der Waals surface area contributed by atoms with Crippen molar-refractivity contribution in [1.82, 2.24) is 4.98 Å². The van der Waals surface area contributed by atoms with Crippen LogP contribution in [-0.4, -0.2) is 4.98 Å². The minimum Gasteiger partial charge on any atom is -0.242 e. The normalized spacial score (nSPS) is 13.9. The number of nitrogens with zero attached hydrogens (tertiary/aromatic N) is 1. The van der Waals surface area contributed by atoms with Crippen molar-refractivity contribution in [2.24, 2.45) is 0 Å². The van der Waals surface area contributed by atoms with Gasteiger partial charge in [0.05, 0.1) is 14.9 Å². The summed E-state index contributed by atoms with van der Waals surface area (Å²) in [4.78, 5) is 4.25. The highest BCUT2D eigenvalue weighted by molar-refractivity contribution is 7.09. The lowest BCUT2D eigenvalue weighted by Crippen LogP contribution is -2.18. The van der Waals surface area contributed by atoms with Gasteiger partial charge in [0.15, 0.2) is 0 Å². The summed E-state index contributed by atoms with van der Waals surface area (Å²) in [5, 5.41) is 1.97. The molecule has 0 fully saturated rings. The van der Waals surface area contributed by atoms with Gasteiger partial charge in [-0.1, -0.05) is 18.2 Å². The summed E-state index contributed by atoms with van der Waals surface area (Å²) in [6.45, 7) is 9.98. The lowest BCUT2D eigenvalue weighted by atomic mass is 10.3. The van der Waals surface area contributed by atoms with Crippen LogP contribution in [-0.2, 0) is 0 Å². The lowest BCUT2D eigenvalue weighted by molar-refractivity contribution is 1.24. The molecule has 1 aromatic rings. The maximum atomic E-state index is 4.25. The standard InChI is InChI=1S/C10H13NS/c1-5-7(2)6-10-8(3)11-9(4)12-10/h5-6H,3H2,1-2,4H3. The molecule has 1 heterocycles. The first-order valence-corrected chi connectivity index (χ1v) is 4.72. The summed E-state index contributed by atoms with van der Waals surface area (Å²) in [5.74, 6) is 0. The van der Waals surface area contributed by atoms with Crippen LogP contribution in [0.2, 0.25) is 0 Å². The van der Waals surface area contributed by atoms with E-state index in [0.717, 1.165) is 10.4 Å². The number of thiazole rings is 1. The Bertz CT molecular complexity index is 398. The summed E-state index contributed by atoms with van der Waals surface area (Å²) in [6, 6.07) is 0. The van der Waals surface area contributed by atoms with Gasteiger partial charge in [-0.25, -0.2) is 4.98 Å². The van der Waals surface area contributed by atoms with Gasteiger partial charge in [-0.3, -0.25) is 0 Å². The predicted octanol–water partition coefficient (Wildman–Crippen LogP) is 1.61. The molecule has 0 bridgehead atoms. The Labute approximate surface area is 76.8 Å². The van der Waals surface area contributed by atoms with E-state index in [1.807, 2.05) is 13.8 Å². The molecule has 2 heteroatoms. The van der Waals surface area contributed by atoms with Crippen molar-refractivity contribution >= 4 is 24.0 Å². The Hall–Kier alpha value is -0.890. The van der Waals surface area contributed by atoms with E-state index in [2.05, 4.69) is 30.6 Å². The molecule has 1 nitrogen and oxygen atoms in total. The Morgan fingerprint density at radius 2 is 2.25 bits per heavy atom. The molecular formula is C10H13NS. The smallest absolute Gasteiger partial charge is 0.0907 e. The minimum atomic E-state index is 0.888. The van der Waals surface area contributed by atoms with E-state index in [9.17, 15) is 0 Å². The third-order valence-corrected chi connectivity index (χ3v) is 2.61. The van der Waals surface area contributed by atoms with Crippen LogP contribution < -0.4 is 9.88 Å². The van der Waals surface area contributed by atoms with Crippen LogP contribution in [0.1, 0.15) is 18.9 Å². The molecule has 0 saturated carbocycles. The molecule has 0 radical (unpaired) electrons. The molecule has 0 N–H and O–H groups in total. The van der Waals surface area contributed by atoms with Crippen LogP contribution >= 0.6 is 11.3 Å². The first-order valence-electron chi connectivity index (χ1n) is 3.90. The zero-order valence-electron chi connectivity index (χ0n) is 7.72. The van der Waals surface area contributed by atoms with Gasteiger partial charge in [0.2, 0.25) is 0 Å². The van der Waals surface area contributed by atoms with Gasteiger partial charge in [-0.15, -0.1) is 11.3 Å². The van der Waals surface area contributed by atoms with E-state index in [0.29, 0.717) is 0 Å². The van der Waals surface area contributed by atoms with E-state index >= 15 is 0 Å². The van der Waals surface area contributed by atoms with Crippen LogP contribution in [0.5, 0.6) is 0 Å². The van der Waals surface area contributed by atoms with E-state index in [1.165, 1.54) is 10.1 Å². The minimum absolute atomic E-state index is 0.888. The summed E-state index contributed by atoms with van der Waals surface area (Å²) >= 11 is 1.69. The Morgan fingerprint density at radius 1 is 1.58 bits per heavy atom. The number of allylic oxidation sites excluding steroid dienone is 2. The van der Waals surface area contributed by atoms with E-state index in [1.54, 1.807) is 11.3 Å². The monoisotopic (exact) mass is 179 g/mol. The van der Waals surface area contributed by atoms with Gasteiger partial charge in [-0.2, -0.15) is 0 Å². The fraction of sp³-hybridized carbons (Fsp3) is 0.300. The number of hydrogen-bond acceptors (Lipinski definition) is 2. The van der Waals surface area contributed by atoms with Crippen molar-refractivity contribution in [3.8, 4) is 0 Å². The maximum Gasteiger partial charge on any atom is 0.0907 e. The van der Waals surface area contributed by atoms with Crippen LogP contribution in [0.15, 0.2) is 11.6 Å². The quantitative estimate of drug-likeness (QED) is 0.638. The molecule has 0 amide bonds. The molecule has 0 atom stereocenters. The molecule has 1 aromatic heterocycles. The van der Waals surface area contributed by atoms with Crippen molar-refractivity contribution in [2.45, 2.75) is 20.8 Å². The van der Waals surface area contributed by atoms with Gasteiger partial charge >= 0.3 is 0 Å². The zero-order chi connectivity index (χ0) is 9.14. The molecule has 0 saturated heterocycles. The molecule has 0 aliphatic rings. The molecule has 0 unspecified atom stereocenters. The molecular weight excluding hydrogens is 166 g/mol. The SMILES string of the molecule is C=c1nc(C)sc1=CC(C)=CC. The van der Waals surface area contributed by atoms with Crippen LogP contribution in [0.4, 0.5) is 0 Å². The van der Waals surface area contributed by atoms with Crippen molar-refractivity contribution in [3.63, 3.8) is 0 Å². The molecule has 0 aliphatic carbocycles. The van der Waals surface area contributed by atoms with Crippen molar-refractivity contribution < 1.29 is 0 Å². The highest BCUT2D eigenvalue weighted by Crippen LogP contribution is 1.95. The average molecular weight is 179 g/mol. The summed E-state index contributed by atoms with van der Waals surface area (Å²) in [5.41, 5.74) is 1.25. The number of hydrogen-bond donors (Lipinski definition) is 0. The second kappa shape index (κ2) is 3.68. The topological polar surface area (TPSA) is 12.9 Å². The predicted molar refractivity (Wildman–Crippen MR) is 55.5 cm³/mol. The average Bonchev–Trinajstić information content (AvgIpc) is 2.30. The second-order valence-corrected chi connectivity index (χ2v) is 3.96.